The zero-order valence-corrected chi connectivity index (χ0v) is 10.9. The number of alkyl halides is 3. The number of rotatable bonds is 2. The van der Waals surface area contributed by atoms with E-state index in [1.165, 1.54) is 23.1 Å². The number of nitrogens with zero attached hydrogens (tertiary/aromatic N) is 1. The molecule has 1 aliphatic heterocycles. The lowest BCUT2D eigenvalue weighted by atomic mass is 9.92. The molecular formula is C13H15F3N2O2. The summed E-state index contributed by atoms with van der Waals surface area (Å²) in [4.78, 5) is 13.1. The van der Waals surface area contributed by atoms with Crippen LogP contribution in [0.15, 0.2) is 24.3 Å². The monoisotopic (exact) mass is 288 g/mol. The lowest BCUT2D eigenvalue weighted by molar-refractivity contribution is -0.136. The van der Waals surface area contributed by atoms with Gasteiger partial charge in [0.25, 0.3) is 0 Å². The van der Waals surface area contributed by atoms with Gasteiger partial charge in [-0.25, -0.2) is 4.79 Å². The molecule has 0 bridgehead atoms. The number of likely N-dealkylation sites (tertiary alicyclic amines) is 1. The molecule has 0 radical (unpaired) electrons. The van der Waals surface area contributed by atoms with Crippen molar-refractivity contribution in [3.8, 4) is 0 Å². The van der Waals surface area contributed by atoms with E-state index in [9.17, 15) is 23.1 Å². The summed E-state index contributed by atoms with van der Waals surface area (Å²) < 4.78 is 38.3. The van der Waals surface area contributed by atoms with E-state index in [1.807, 2.05) is 0 Å². The Bertz CT molecular complexity index is 511. The Balaban J connectivity index is 2.07. The minimum Gasteiger partial charge on any atom is -0.386 e. The van der Waals surface area contributed by atoms with E-state index in [0.717, 1.165) is 6.07 Å². The number of amides is 2. The average molecular weight is 288 g/mol. The molecule has 7 heteroatoms. The van der Waals surface area contributed by atoms with Gasteiger partial charge in [-0.05, 0) is 18.6 Å². The molecule has 2 rings (SSSR count). The van der Waals surface area contributed by atoms with E-state index < -0.39 is 23.4 Å². The second-order valence-corrected chi connectivity index (χ2v) is 4.91. The highest BCUT2D eigenvalue weighted by Gasteiger charge is 2.42. The Kier molecular flexibility index (Phi) is 3.64. The molecule has 0 unspecified atom stereocenters. The average Bonchev–Trinajstić information content (AvgIpc) is 2.34. The zero-order chi connectivity index (χ0) is 15.0. The van der Waals surface area contributed by atoms with Crippen LogP contribution in [0.3, 0.4) is 0 Å². The SMILES string of the molecule is CCC1(O)CN(C(=O)Nc2ccccc2C(F)(F)F)C1. The third kappa shape index (κ3) is 2.87. The van der Waals surface area contributed by atoms with Crippen molar-refractivity contribution in [1.82, 2.24) is 4.90 Å². The van der Waals surface area contributed by atoms with Crippen LogP contribution in [0.1, 0.15) is 18.9 Å². The van der Waals surface area contributed by atoms with Crippen molar-refractivity contribution < 1.29 is 23.1 Å². The first-order valence-corrected chi connectivity index (χ1v) is 6.20. The molecule has 2 amide bonds. The third-order valence-electron chi connectivity index (χ3n) is 3.39. The van der Waals surface area contributed by atoms with E-state index >= 15 is 0 Å². The fourth-order valence-corrected chi connectivity index (χ4v) is 2.07. The molecule has 0 atom stereocenters. The minimum atomic E-state index is -4.52. The summed E-state index contributed by atoms with van der Waals surface area (Å²) in [6.07, 6.45) is -4.03. The van der Waals surface area contributed by atoms with Crippen molar-refractivity contribution in [2.45, 2.75) is 25.1 Å². The van der Waals surface area contributed by atoms with Crippen molar-refractivity contribution in [1.29, 1.82) is 0 Å². The summed E-state index contributed by atoms with van der Waals surface area (Å²) in [7, 11) is 0. The van der Waals surface area contributed by atoms with E-state index in [2.05, 4.69) is 5.32 Å². The molecule has 1 aromatic carbocycles. The van der Waals surface area contributed by atoms with Gasteiger partial charge < -0.3 is 15.3 Å². The van der Waals surface area contributed by atoms with Gasteiger partial charge >= 0.3 is 12.2 Å². The van der Waals surface area contributed by atoms with E-state index in [4.69, 9.17) is 0 Å². The lowest BCUT2D eigenvalue weighted by Gasteiger charge is -2.45. The molecule has 1 heterocycles. The largest absolute Gasteiger partial charge is 0.418 e. The number of hydrogen-bond donors (Lipinski definition) is 2. The van der Waals surface area contributed by atoms with Crippen molar-refractivity contribution in [3.63, 3.8) is 0 Å². The highest BCUT2D eigenvalue weighted by atomic mass is 19.4. The second kappa shape index (κ2) is 4.97. The van der Waals surface area contributed by atoms with Gasteiger partial charge in [-0.15, -0.1) is 0 Å². The molecule has 1 aromatic rings. The predicted octanol–water partition coefficient (Wildman–Crippen LogP) is 2.69. The molecule has 1 fully saturated rings. The first-order chi connectivity index (χ1) is 9.25. The van der Waals surface area contributed by atoms with Crippen molar-refractivity contribution in [2.24, 2.45) is 0 Å². The van der Waals surface area contributed by atoms with E-state index in [-0.39, 0.29) is 18.8 Å². The molecule has 1 saturated heterocycles. The molecule has 1 aliphatic rings. The molecule has 2 N–H and O–H groups in total. The number of para-hydroxylation sites is 1. The van der Waals surface area contributed by atoms with Crippen LogP contribution in [-0.4, -0.2) is 34.7 Å². The Labute approximate surface area is 114 Å². The Morgan fingerprint density at radius 2 is 2.00 bits per heavy atom. The third-order valence-corrected chi connectivity index (χ3v) is 3.39. The summed E-state index contributed by atoms with van der Waals surface area (Å²) in [6.45, 7) is 2.04. The number of carbonyl (C=O) groups is 1. The van der Waals surface area contributed by atoms with Crippen LogP contribution in [0.2, 0.25) is 0 Å². The summed E-state index contributed by atoms with van der Waals surface area (Å²) in [6, 6.07) is 4.15. The number of urea groups is 1. The first kappa shape index (κ1) is 14.6. The quantitative estimate of drug-likeness (QED) is 0.879. The number of aliphatic hydroxyl groups is 1. The smallest absolute Gasteiger partial charge is 0.386 e. The number of halogens is 3. The van der Waals surface area contributed by atoms with Crippen LogP contribution in [0, 0.1) is 0 Å². The van der Waals surface area contributed by atoms with Gasteiger partial charge in [0.2, 0.25) is 0 Å². The van der Waals surface area contributed by atoms with Crippen LogP contribution in [0.4, 0.5) is 23.7 Å². The van der Waals surface area contributed by atoms with Crippen LogP contribution in [-0.2, 0) is 6.18 Å². The Morgan fingerprint density at radius 1 is 1.40 bits per heavy atom. The molecule has 4 nitrogen and oxygen atoms in total. The molecule has 0 aliphatic carbocycles. The standard InChI is InChI=1S/C13H15F3N2O2/c1-2-12(20)7-18(8-12)11(19)17-10-6-4-3-5-9(10)13(14,15)16/h3-6,20H,2,7-8H2,1H3,(H,17,19). The van der Waals surface area contributed by atoms with Gasteiger partial charge in [0.1, 0.15) is 0 Å². The van der Waals surface area contributed by atoms with Gasteiger partial charge in [0.05, 0.1) is 29.9 Å². The minimum absolute atomic E-state index is 0.128. The molecule has 0 aromatic heterocycles. The van der Waals surface area contributed by atoms with Gasteiger partial charge in [0, 0.05) is 0 Å². The topological polar surface area (TPSA) is 52.6 Å². The number of benzene rings is 1. The number of hydrogen-bond acceptors (Lipinski definition) is 2. The molecule has 0 spiro atoms. The normalized spacial score (nSPS) is 17.6. The van der Waals surface area contributed by atoms with E-state index in [1.54, 1.807) is 6.92 Å². The number of nitrogens with one attached hydrogen (secondary N) is 1. The predicted molar refractivity (Wildman–Crippen MR) is 67.3 cm³/mol. The Morgan fingerprint density at radius 3 is 2.55 bits per heavy atom. The van der Waals surface area contributed by atoms with E-state index in [0.29, 0.717) is 6.42 Å². The Hall–Kier alpha value is -1.76. The maximum absolute atomic E-state index is 12.8. The van der Waals surface area contributed by atoms with Crippen molar-refractivity contribution >= 4 is 11.7 Å². The summed E-state index contributed by atoms with van der Waals surface area (Å²) in [5.74, 6) is 0. The van der Waals surface area contributed by atoms with Crippen LogP contribution in [0.5, 0.6) is 0 Å². The van der Waals surface area contributed by atoms with Gasteiger partial charge in [-0.3, -0.25) is 0 Å². The highest BCUT2D eigenvalue weighted by Crippen LogP contribution is 2.35. The van der Waals surface area contributed by atoms with Gasteiger partial charge in [-0.2, -0.15) is 13.2 Å². The highest BCUT2D eigenvalue weighted by molar-refractivity contribution is 5.91. The van der Waals surface area contributed by atoms with Crippen LogP contribution < -0.4 is 5.32 Å². The maximum atomic E-state index is 12.8. The fraction of sp³-hybridized carbons (Fsp3) is 0.462. The molecule has 0 saturated carbocycles. The fourth-order valence-electron chi connectivity index (χ4n) is 2.07. The van der Waals surface area contributed by atoms with Crippen LogP contribution >= 0.6 is 0 Å². The molecule has 20 heavy (non-hydrogen) atoms. The van der Waals surface area contributed by atoms with Crippen molar-refractivity contribution in [2.75, 3.05) is 18.4 Å². The zero-order valence-electron chi connectivity index (χ0n) is 10.9. The van der Waals surface area contributed by atoms with Gasteiger partial charge in [-0.1, -0.05) is 19.1 Å². The molecule has 110 valence electrons. The van der Waals surface area contributed by atoms with Crippen LogP contribution in [0.25, 0.3) is 0 Å². The summed E-state index contributed by atoms with van der Waals surface area (Å²) in [5, 5.41) is 12.0. The lowest BCUT2D eigenvalue weighted by Crippen LogP contribution is -2.64. The van der Waals surface area contributed by atoms with Crippen molar-refractivity contribution in [3.05, 3.63) is 29.8 Å². The second-order valence-electron chi connectivity index (χ2n) is 4.91. The summed E-state index contributed by atoms with van der Waals surface area (Å²) in [5.41, 5.74) is -2.09. The first-order valence-electron chi connectivity index (χ1n) is 6.20. The maximum Gasteiger partial charge on any atom is 0.418 e. The number of β-amino-alcohol motifs (C(OH)–C–C–N with tert-alkyl or cyclic N) is 1. The number of carbonyl (C=O) groups excluding carboxylic acids is 1. The summed E-state index contributed by atoms with van der Waals surface area (Å²) >= 11 is 0. The number of anilines is 1. The van der Waals surface area contributed by atoms with Gasteiger partial charge in [0.15, 0.2) is 0 Å². The molecular weight excluding hydrogens is 273 g/mol.